The molecule has 1 aromatic heterocycles. The van der Waals surface area contributed by atoms with E-state index in [1.807, 2.05) is 6.92 Å². The van der Waals surface area contributed by atoms with Gasteiger partial charge >= 0.3 is 0 Å². The maximum atomic E-state index is 11.6. The molecule has 1 unspecified atom stereocenters. The van der Waals surface area contributed by atoms with Gasteiger partial charge in [0, 0.05) is 26.3 Å². The third kappa shape index (κ3) is 3.63. The second-order valence-corrected chi connectivity index (χ2v) is 3.53. The lowest BCUT2D eigenvalue weighted by Crippen LogP contribution is -2.28. The summed E-state index contributed by atoms with van der Waals surface area (Å²) in [5.41, 5.74) is 5.89. The van der Waals surface area contributed by atoms with E-state index in [1.165, 1.54) is 10.7 Å². The van der Waals surface area contributed by atoms with Crippen molar-refractivity contribution in [1.29, 1.82) is 0 Å². The number of hydrogen-bond acceptors (Lipinski definition) is 5. The molecule has 1 heterocycles. The Morgan fingerprint density at radius 2 is 2.44 bits per heavy atom. The van der Waals surface area contributed by atoms with E-state index in [0.717, 1.165) is 0 Å². The molecule has 0 bridgehead atoms. The maximum Gasteiger partial charge on any atom is 0.268 e. The first kappa shape index (κ1) is 12.7. The molecule has 0 amide bonds. The van der Waals surface area contributed by atoms with Crippen molar-refractivity contribution in [3.63, 3.8) is 0 Å². The van der Waals surface area contributed by atoms with Gasteiger partial charge < -0.3 is 15.8 Å². The molecule has 0 aliphatic heterocycles. The highest BCUT2D eigenvalue weighted by Gasteiger charge is 2.04. The number of nitrogens with one attached hydrogen (secondary N) is 1. The van der Waals surface area contributed by atoms with Crippen LogP contribution in [-0.2, 0) is 11.3 Å². The van der Waals surface area contributed by atoms with E-state index in [4.69, 9.17) is 10.5 Å². The van der Waals surface area contributed by atoms with Crippen LogP contribution in [0.25, 0.3) is 0 Å². The van der Waals surface area contributed by atoms with Crippen LogP contribution in [0.4, 0.5) is 5.69 Å². The fourth-order valence-corrected chi connectivity index (χ4v) is 1.20. The Morgan fingerprint density at radius 1 is 1.69 bits per heavy atom. The summed E-state index contributed by atoms with van der Waals surface area (Å²) in [6.07, 6.45) is 1.58. The number of nitrogens with two attached hydrogens (primary N) is 1. The Morgan fingerprint density at radius 3 is 3.00 bits per heavy atom. The van der Waals surface area contributed by atoms with Crippen molar-refractivity contribution < 1.29 is 4.74 Å². The molecule has 0 aliphatic rings. The lowest BCUT2D eigenvalue weighted by Gasteiger charge is -2.11. The summed E-state index contributed by atoms with van der Waals surface area (Å²) in [5.74, 6) is 0. The fraction of sp³-hybridized carbons (Fsp3) is 0.600. The third-order valence-corrected chi connectivity index (χ3v) is 2.18. The topological polar surface area (TPSA) is 82.2 Å². The van der Waals surface area contributed by atoms with Crippen LogP contribution in [-0.4, -0.2) is 36.1 Å². The molecule has 0 spiro atoms. The molecule has 3 N–H and O–H groups in total. The predicted octanol–water partition coefficient (Wildman–Crippen LogP) is -0.351. The smallest absolute Gasteiger partial charge is 0.268 e. The first-order valence-corrected chi connectivity index (χ1v) is 5.21. The zero-order valence-corrected chi connectivity index (χ0v) is 9.64. The molecule has 6 nitrogen and oxygen atoms in total. The quantitative estimate of drug-likeness (QED) is 0.692. The summed E-state index contributed by atoms with van der Waals surface area (Å²) in [4.78, 5) is 11.6. The van der Waals surface area contributed by atoms with Gasteiger partial charge in [0.1, 0.15) is 0 Å². The first-order chi connectivity index (χ1) is 7.67. The number of ether oxygens (including phenoxy) is 1. The number of nitrogens with zero attached hydrogens (tertiary/aromatic N) is 2. The zero-order chi connectivity index (χ0) is 12.0. The molecule has 90 valence electrons. The van der Waals surface area contributed by atoms with Crippen molar-refractivity contribution in [1.82, 2.24) is 9.78 Å². The Balaban J connectivity index is 2.71. The van der Waals surface area contributed by atoms with Gasteiger partial charge in [0.15, 0.2) is 0 Å². The summed E-state index contributed by atoms with van der Waals surface area (Å²) >= 11 is 0. The molecule has 0 aromatic carbocycles. The summed E-state index contributed by atoms with van der Waals surface area (Å²) in [6, 6.07) is 1.50. The number of hydrogen-bond donors (Lipinski definition) is 2. The van der Waals surface area contributed by atoms with Crippen LogP contribution in [0.2, 0.25) is 0 Å². The van der Waals surface area contributed by atoms with E-state index in [2.05, 4.69) is 10.4 Å². The van der Waals surface area contributed by atoms with Crippen molar-refractivity contribution in [3.8, 4) is 0 Å². The summed E-state index contributed by atoms with van der Waals surface area (Å²) < 4.78 is 6.45. The molecule has 1 atom stereocenters. The summed E-state index contributed by atoms with van der Waals surface area (Å²) in [6.45, 7) is 3.48. The Labute approximate surface area is 94.4 Å². The van der Waals surface area contributed by atoms with Gasteiger partial charge in [0.2, 0.25) is 0 Å². The molecule has 6 heteroatoms. The minimum atomic E-state index is -0.147. The summed E-state index contributed by atoms with van der Waals surface area (Å²) in [5, 5.41) is 7.04. The SMILES string of the molecule is COC(C)Cn1ncc(NCCN)cc1=O. The Bertz CT molecular complexity index is 377. The van der Waals surface area contributed by atoms with Crippen LogP contribution in [0.15, 0.2) is 17.1 Å². The molecular weight excluding hydrogens is 208 g/mol. The van der Waals surface area contributed by atoms with Gasteiger partial charge in [-0.3, -0.25) is 4.79 Å². The third-order valence-electron chi connectivity index (χ3n) is 2.18. The second-order valence-electron chi connectivity index (χ2n) is 3.53. The van der Waals surface area contributed by atoms with Gasteiger partial charge in [0.25, 0.3) is 5.56 Å². The number of rotatable bonds is 6. The van der Waals surface area contributed by atoms with E-state index < -0.39 is 0 Å². The zero-order valence-electron chi connectivity index (χ0n) is 9.64. The normalized spacial score (nSPS) is 12.4. The van der Waals surface area contributed by atoms with Crippen LogP contribution >= 0.6 is 0 Å². The monoisotopic (exact) mass is 226 g/mol. The Kier molecular flexibility index (Phi) is 4.94. The molecule has 0 radical (unpaired) electrons. The van der Waals surface area contributed by atoms with Crippen molar-refractivity contribution in [3.05, 3.63) is 22.6 Å². The van der Waals surface area contributed by atoms with E-state index in [1.54, 1.807) is 13.3 Å². The molecule has 0 fully saturated rings. The molecular formula is C10H18N4O2. The van der Waals surface area contributed by atoms with Gasteiger partial charge in [-0.25, -0.2) is 4.68 Å². The molecule has 0 saturated heterocycles. The van der Waals surface area contributed by atoms with Crippen molar-refractivity contribution in [2.75, 3.05) is 25.5 Å². The number of anilines is 1. The average molecular weight is 226 g/mol. The second kappa shape index (κ2) is 6.24. The van der Waals surface area contributed by atoms with E-state index >= 15 is 0 Å². The van der Waals surface area contributed by atoms with Crippen molar-refractivity contribution >= 4 is 5.69 Å². The van der Waals surface area contributed by atoms with Gasteiger partial charge in [-0.2, -0.15) is 5.10 Å². The number of methoxy groups -OCH3 is 1. The fourth-order valence-electron chi connectivity index (χ4n) is 1.20. The highest BCUT2D eigenvalue weighted by atomic mass is 16.5. The molecule has 0 saturated carbocycles. The van der Waals surface area contributed by atoms with Crippen LogP contribution in [0.3, 0.4) is 0 Å². The first-order valence-electron chi connectivity index (χ1n) is 5.21. The van der Waals surface area contributed by atoms with Gasteiger partial charge in [0.05, 0.1) is 24.5 Å². The van der Waals surface area contributed by atoms with Gasteiger partial charge in [-0.15, -0.1) is 0 Å². The van der Waals surface area contributed by atoms with Crippen LogP contribution in [0, 0.1) is 0 Å². The van der Waals surface area contributed by atoms with Gasteiger partial charge in [-0.1, -0.05) is 0 Å². The van der Waals surface area contributed by atoms with Crippen LogP contribution < -0.4 is 16.6 Å². The van der Waals surface area contributed by atoms with E-state index in [-0.39, 0.29) is 11.7 Å². The van der Waals surface area contributed by atoms with Crippen LogP contribution in [0.5, 0.6) is 0 Å². The lowest BCUT2D eigenvalue weighted by molar-refractivity contribution is 0.0984. The lowest BCUT2D eigenvalue weighted by atomic mass is 10.4. The van der Waals surface area contributed by atoms with E-state index in [0.29, 0.717) is 25.3 Å². The average Bonchev–Trinajstić information content (AvgIpc) is 2.29. The molecule has 1 aromatic rings. The highest BCUT2D eigenvalue weighted by Crippen LogP contribution is 1.99. The summed E-state index contributed by atoms with van der Waals surface area (Å²) in [7, 11) is 1.60. The minimum absolute atomic E-state index is 0.0342. The van der Waals surface area contributed by atoms with E-state index in [9.17, 15) is 4.79 Å². The number of aromatic nitrogens is 2. The molecule has 16 heavy (non-hydrogen) atoms. The predicted molar refractivity (Wildman–Crippen MR) is 62.5 cm³/mol. The standard InChI is InChI=1S/C10H18N4O2/c1-8(16-2)7-14-10(15)5-9(6-13-14)12-4-3-11/h5-6,8,12H,3-4,7,11H2,1-2H3. The highest BCUT2D eigenvalue weighted by molar-refractivity contribution is 5.38. The van der Waals surface area contributed by atoms with Gasteiger partial charge in [-0.05, 0) is 6.92 Å². The van der Waals surface area contributed by atoms with Crippen molar-refractivity contribution in [2.45, 2.75) is 19.6 Å². The largest absolute Gasteiger partial charge is 0.382 e. The van der Waals surface area contributed by atoms with Crippen molar-refractivity contribution in [2.24, 2.45) is 5.73 Å². The Hall–Kier alpha value is -1.40. The van der Waals surface area contributed by atoms with Crippen LogP contribution in [0.1, 0.15) is 6.92 Å². The molecule has 1 rings (SSSR count). The molecule has 0 aliphatic carbocycles. The maximum absolute atomic E-state index is 11.6. The minimum Gasteiger partial charge on any atom is -0.382 e.